The molecule has 0 aliphatic carbocycles. The summed E-state index contributed by atoms with van der Waals surface area (Å²) in [7, 11) is 0. The number of carboxylic acid groups (broad SMARTS) is 1. The van der Waals surface area contributed by atoms with Gasteiger partial charge >= 0.3 is 5.97 Å². The summed E-state index contributed by atoms with van der Waals surface area (Å²) in [5, 5.41) is 11.7. The van der Waals surface area contributed by atoms with Crippen LogP contribution in [-0.2, 0) is 4.79 Å². The Morgan fingerprint density at radius 3 is 2.67 bits per heavy atom. The van der Waals surface area contributed by atoms with E-state index in [1.807, 2.05) is 13.8 Å². The molecule has 0 fully saturated rings. The van der Waals surface area contributed by atoms with E-state index in [9.17, 15) is 9.59 Å². The number of amides is 1. The fraction of sp³-hybridized carbons (Fsp3) is 0.467. The summed E-state index contributed by atoms with van der Waals surface area (Å²) in [6.07, 6.45) is 3.88. The number of carboxylic acids is 1. The van der Waals surface area contributed by atoms with Crippen LogP contribution in [0.5, 0.6) is 0 Å². The molecule has 0 bridgehead atoms. The van der Waals surface area contributed by atoms with Crippen LogP contribution in [0.25, 0.3) is 0 Å². The van der Waals surface area contributed by atoms with Crippen molar-refractivity contribution in [2.45, 2.75) is 45.6 Å². The van der Waals surface area contributed by atoms with Gasteiger partial charge in [0.1, 0.15) is 11.9 Å². The minimum Gasteiger partial charge on any atom is -0.480 e. The van der Waals surface area contributed by atoms with Crippen LogP contribution in [0.2, 0.25) is 0 Å². The summed E-state index contributed by atoms with van der Waals surface area (Å²) in [5.74, 6) is -0.903. The SMILES string of the molecule is C=CCCC(NC(=O)c1cnc(C)nc1C(C)C)C(=O)O. The van der Waals surface area contributed by atoms with E-state index in [2.05, 4.69) is 21.9 Å². The molecular weight excluding hydrogens is 270 g/mol. The van der Waals surface area contributed by atoms with Gasteiger partial charge in [-0.05, 0) is 25.7 Å². The van der Waals surface area contributed by atoms with E-state index in [1.54, 1.807) is 13.0 Å². The maximum absolute atomic E-state index is 12.3. The van der Waals surface area contributed by atoms with E-state index in [0.717, 1.165) is 0 Å². The number of hydrogen-bond donors (Lipinski definition) is 2. The lowest BCUT2D eigenvalue weighted by atomic mass is 10.0. The predicted octanol–water partition coefficient (Wildman–Crippen LogP) is 2.06. The Hall–Kier alpha value is -2.24. The van der Waals surface area contributed by atoms with Crippen molar-refractivity contribution in [3.63, 3.8) is 0 Å². The zero-order chi connectivity index (χ0) is 16.0. The van der Waals surface area contributed by atoms with Gasteiger partial charge in [-0.15, -0.1) is 6.58 Å². The van der Waals surface area contributed by atoms with Gasteiger partial charge in [-0.1, -0.05) is 19.9 Å². The van der Waals surface area contributed by atoms with Crippen molar-refractivity contribution in [1.82, 2.24) is 15.3 Å². The maximum Gasteiger partial charge on any atom is 0.326 e. The lowest BCUT2D eigenvalue weighted by molar-refractivity contribution is -0.139. The smallest absolute Gasteiger partial charge is 0.326 e. The molecule has 0 aliphatic heterocycles. The Bertz CT molecular complexity index is 541. The average molecular weight is 291 g/mol. The van der Waals surface area contributed by atoms with Crippen LogP contribution in [0.3, 0.4) is 0 Å². The second-order valence-electron chi connectivity index (χ2n) is 5.10. The number of nitrogens with zero attached hydrogens (tertiary/aromatic N) is 2. The quantitative estimate of drug-likeness (QED) is 0.750. The van der Waals surface area contributed by atoms with E-state index in [0.29, 0.717) is 29.9 Å². The Kier molecular flexibility index (Phi) is 6.02. The van der Waals surface area contributed by atoms with Crippen molar-refractivity contribution in [3.05, 3.63) is 35.9 Å². The molecule has 1 rings (SSSR count). The molecular formula is C15H21N3O3. The first kappa shape index (κ1) is 16.8. The molecule has 114 valence electrons. The van der Waals surface area contributed by atoms with E-state index >= 15 is 0 Å². The van der Waals surface area contributed by atoms with Crippen LogP contribution in [0.15, 0.2) is 18.9 Å². The van der Waals surface area contributed by atoms with Crippen LogP contribution in [0, 0.1) is 6.92 Å². The number of allylic oxidation sites excluding steroid dienone is 1. The number of rotatable bonds is 7. The zero-order valence-electron chi connectivity index (χ0n) is 12.6. The molecule has 0 radical (unpaired) electrons. The van der Waals surface area contributed by atoms with E-state index in [-0.39, 0.29) is 5.92 Å². The molecule has 1 aromatic rings. The van der Waals surface area contributed by atoms with Gasteiger partial charge in [0, 0.05) is 6.20 Å². The molecule has 21 heavy (non-hydrogen) atoms. The number of aliphatic carboxylic acids is 1. The van der Waals surface area contributed by atoms with Gasteiger partial charge in [0.2, 0.25) is 0 Å². The molecule has 1 amide bonds. The molecule has 0 saturated carbocycles. The van der Waals surface area contributed by atoms with Crippen LogP contribution in [0.1, 0.15) is 54.5 Å². The fourth-order valence-corrected chi connectivity index (χ4v) is 1.88. The van der Waals surface area contributed by atoms with Crippen molar-refractivity contribution < 1.29 is 14.7 Å². The van der Waals surface area contributed by atoms with Crippen LogP contribution >= 0.6 is 0 Å². The molecule has 1 unspecified atom stereocenters. The second kappa shape index (κ2) is 7.52. The molecule has 6 heteroatoms. The summed E-state index contributed by atoms with van der Waals surface area (Å²) < 4.78 is 0. The molecule has 0 saturated heterocycles. The Labute approximate surface area is 124 Å². The third-order valence-corrected chi connectivity index (χ3v) is 2.99. The minimum atomic E-state index is -1.07. The van der Waals surface area contributed by atoms with Gasteiger partial charge in [0.25, 0.3) is 5.91 Å². The molecule has 2 N–H and O–H groups in total. The fourth-order valence-electron chi connectivity index (χ4n) is 1.88. The highest BCUT2D eigenvalue weighted by Crippen LogP contribution is 2.17. The summed E-state index contributed by atoms with van der Waals surface area (Å²) in [4.78, 5) is 31.7. The average Bonchev–Trinajstić information content (AvgIpc) is 2.42. The van der Waals surface area contributed by atoms with Gasteiger partial charge in [0.05, 0.1) is 11.3 Å². The van der Waals surface area contributed by atoms with Gasteiger partial charge in [-0.2, -0.15) is 0 Å². The molecule has 1 aromatic heterocycles. The molecule has 1 heterocycles. The predicted molar refractivity (Wildman–Crippen MR) is 79.2 cm³/mol. The largest absolute Gasteiger partial charge is 0.480 e. The second-order valence-corrected chi connectivity index (χ2v) is 5.10. The topological polar surface area (TPSA) is 92.2 Å². The zero-order valence-corrected chi connectivity index (χ0v) is 12.6. The van der Waals surface area contributed by atoms with Crippen LogP contribution in [-0.4, -0.2) is 33.0 Å². The lowest BCUT2D eigenvalue weighted by Crippen LogP contribution is -2.41. The van der Waals surface area contributed by atoms with Crippen molar-refractivity contribution in [1.29, 1.82) is 0 Å². The van der Waals surface area contributed by atoms with Gasteiger partial charge in [-0.25, -0.2) is 14.8 Å². The van der Waals surface area contributed by atoms with Crippen LogP contribution < -0.4 is 5.32 Å². The Morgan fingerprint density at radius 2 is 2.14 bits per heavy atom. The van der Waals surface area contributed by atoms with Gasteiger partial charge in [-0.3, -0.25) is 4.79 Å². The lowest BCUT2D eigenvalue weighted by Gasteiger charge is -2.16. The number of nitrogens with one attached hydrogen (secondary N) is 1. The number of carbonyl (C=O) groups excluding carboxylic acids is 1. The summed E-state index contributed by atoms with van der Waals surface area (Å²) in [6, 6.07) is -0.947. The van der Waals surface area contributed by atoms with Crippen molar-refractivity contribution in [2.75, 3.05) is 0 Å². The third-order valence-electron chi connectivity index (χ3n) is 2.99. The van der Waals surface area contributed by atoms with E-state index < -0.39 is 17.9 Å². The first-order chi connectivity index (χ1) is 9.86. The molecule has 6 nitrogen and oxygen atoms in total. The van der Waals surface area contributed by atoms with Gasteiger partial charge < -0.3 is 10.4 Å². The molecule has 0 aliphatic rings. The summed E-state index contributed by atoms with van der Waals surface area (Å²) in [6.45, 7) is 9.14. The normalized spacial score (nSPS) is 12.0. The number of hydrogen-bond acceptors (Lipinski definition) is 4. The number of carbonyl (C=O) groups is 2. The third kappa shape index (κ3) is 4.66. The first-order valence-electron chi connectivity index (χ1n) is 6.85. The van der Waals surface area contributed by atoms with E-state index in [1.165, 1.54) is 6.20 Å². The molecule has 0 spiro atoms. The number of aromatic nitrogens is 2. The van der Waals surface area contributed by atoms with Crippen LogP contribution in [0.4, 0.5) is 0 Å². The first-order valence-corrected chi connectivity index (χ1v) is 6.85. The highest BCUT2D eigenvalue weighted by atomic mass is 16.4. The van der Waals surface area contributed by atoms with Crippen molar-refractivity contribution in [3.8, 4) is 0 Å². The van der Waals surface area contributed by atoms with Crippen molar-refractivity contribution >= 4 is 11.9 Å². The highest BCUT2D eigenvalue weighted by molar-refractivity contribution is 5.97. The van der Waals surface area contributed by atoms with E-state index in [4.69, 9.17) is 5.11 Å². The highest BCUT2D eigenvalue weighted by Gasteiger charge is 2.23. The summed E-state index contributed by atoms with van der Waals surface area (Å²) >= 11 is 0. The van der Waals surface area contributed by atoms with Gasteiger partial charge in [0.15, 0.2) is 0 Å². The molecule has 1 atom stereocenters. The molecule has 0 aromatic carbocycles. The Morgan fingerprint density at radius 1 is 1.48 bits per heavy atom. The summed E-state index contributed by atoms with van der Waals surface area (Å²) in [5.41, 5.74) is 0.938. The Balaban J connectivity index is 2.97. The number of aryl methyl sites for hydroxylation is 1. The van der Waals surface area contributed by atoms with Crippen molar-refractivity contribution in [2.24, 2.45) is 0 Å². The monoisotopic (exact) mass is 291 g/mol. The minimum absolute atomic E-state index is 0.0453. The standard InChI is InChI=1S/C15H21N3O3/c1-5-6-7-12(15(20)21)18-14(19)11-8-16-10(4)17-13(11)9(2)3/h5,8-9,12H,1,6-7H2,2-4H3,(H,18,19)(H,20,21). The maximum atomic E-state index is 12.3.